The van der Waals surface area contributed by atoms with E-state index < -0.39 is 23.8 Å². The van der Waals surface area contributed by atoms with E-state index in [4.69, 9.17) is 5.11 Å². The van der Waals surface area contributed by atoms with Crippen LogP contribution in [0.1, 0.15) is 26.2 Å². The van der Waals surface area contributed by atoms with Crippen LogP contribution in [0.5, 0.6) is 0 Å². The van der Waals surface area contributed by atoms with Crippen molar-refractivity contribution in [1.29, 1.82) is 0 Å². The molecule has 2 amide bonds. The molecule has 1 aliphatic rings. The molecule has 0 aromatic rings. The van der Waals surface area contributed by atoms with Gasteiger partial charge in [-0.3, -0.25) is 9.59 Å². The zero-order valence-electron chi connectivity index (χ0n) is 9.23. The van der Waals surface area contributed by atoms with E-state index in [9.17, 15) is 14.4 Å². The van der Waals surface area contributed by atoms with Crippen LogP contribution in [0.4, 0.5) is 0 Å². The lowest BCUT2D eigenvalue weighted by Crippen LogP contribution is -2.52. The van der Waals surface area contributed by atoms with E-state index >= 15 is 0 Å². The largest absolute Gasteiger partial charge is 0.480 e. The number of carbonyl (C=O) groups is 3. The van der Waals surface area contributed by atoms with Gasteiger partial charge < -0.3 is 15.3 Å². The summed E-state index contributed by atoms with van der Waals surface area (Å²) in [6, 6.07) is -0.858. The summed E-state index contributed by atoms with van der Waals surface area (Å²) in [7, 11) is 0. The van der Waals surface area contributed by atoms with E-state index in [0.717, 1.165) is 17.7 Å². The smallest absolute Gasteiger partial charge is 0.326 e. The maximum absolute atomic E-state index is 11.7. The summed E-state index contributed by atoms with van der Waals surface area (Å²) in [6.07, 6.45) is 1.94. The van der Waals surface area contributed by atoms with Gasteiger partial charge in [0.2, 0.25) is 0 Å². The second kappa shape index (κ2) is 5.48. The Kier molecular flexibility index (Phi) is 4.28. The van der Waals surface area contributed by atoms with Gasteiger partial charge in [0.05, 0.1) is 0 Å². The molecule has 1 aliphatic heterocycles. The molecule has 0 saturated carbocycles. The number of piperidine rings is 1. The monoisotopic (exact) mass is 228 g/mol. The number of aliphatic carboxylic acids is 1. The van der Waals surface area contributed by atoms with Gasteiger partial charge >= 0.3 is 17.8 Å². The average molecular weight is 228 g/mol. The lowest BCUT2D eigenvalue weighted by molar-refractivity contribution is -0.156. The number of carboxylic acid groups (broad SMARTS) is 1. The third-order valence-electron chi connectivity index (χ3n) is 2.58. The number of likely N-dealkylation sites (tertiary alicyclic amines) is 1. The molecule has 90 valence electrons. The normalized spacial score (nSPS) is 20.3. The predicted octanol–water partition coefficient (Wildman–Crippen LogP) is -0.412. The minimum absolute atomic E-state index is 0.340. The standard InChI is InChI=1S/C10H16N2O4/c1-2-11-8(13)9(14)12-6-4-3-5-7(12)10(15)16/h7H,2-6H2,1H3,(H,11,13)(H,15,16). The molecule has 1 rings (SSSR count). The van der Waals surface area contributed by atoms with E-state index in [-0.39, 0.29) is 0 Å². The highest BCUT2D eigenvalue weighted by Gasteiger charge is 2.34. The Morgan fingerprint density at radius 1 is 1.38 bits per heavy atom. The third kappa shape index (κ3) is 2.71. The molecule has 0 aromatic heterocycles. The molecule has 6 nitrogen and oxygen atoms in total. The SMILES string of the molecule is CCNC(=O)C(=O)N1CCCCC1C(=O)O. The fourth-order valence-electron chi connectivity index (χ4n) is 1.80. The Morgan fingerprint density at radius 3 is 2.62 bits per heavy atom. The van der Waals surface area contributed by atoms with Gasteiger partial charge in [-0.1, -0.05) is 0 Å². The van der Waals surface area contributed by atoms with Crippen molar-refractivity contribution in [3.8, 4) is 0 Å². The maximum Gasteiger partial charge on any atom is 0.326 e. The first-order valence-electron chi connectivity index (χ1n) is 5.39. The van der Waals surface area contributed by atoms with Crippen LogP contribution in [0.2, 0.25) is 0 Å². The van der Waals surface area contributed by atoms with Crippen molar-refractivity contribution in [2.45, 2.75) is 32.2 Å². The Balaban J connectivity index is 2.71. The van der Waals surface area contributed by atoms with Gasteiger partial charge in [0.25, 0.3) is 0 Å². The number of amides is 2. The molecular weight excluding hydrogens is 212 g/mol. The van der Waals surface area contributed by atoms with Gasteiger partial charge in [-0.2, -0.15) is 0 Å². The van der Waals surface area contributed by atoms with Crippen LogP contribution in [0.3, 0.4) is 0 Å². The highest BCUT2D eigenvalue weighted by molar-refractivity contribution is 6.35. The fourth-order valence-corrected chi connectivity index (χ4v) is 1.80. The van der Waals surface area contributed by atoms with Crippen LogP contribution >= 0.6 is 0 Å². The van der Waals surface area contributed by atoms with E-state index in [1.54, 1.807) is 6.92 Å². The number of hydrogen-bond acceptors (Lipinski definition) is 3. The highest BCUT2D eigenvalue weighted by Crippen LogP contribution is 2.17. The molecule has 1 saturated heterocycles. The number of nitrogens with one attached hydrogen (secondary N) is 1. The minimum atomic E-state index is -1.04. The van der Waals surface area contributed by atoms with Gasteiger partial charge in [-0.05, 0) is 26.2 Å². The second-order valence-electron chi connectivity index (χ2n) is 3.71. The van der Waals surface area contributed by atoms with Crippen molar-refractivity contribution in [1.82, 2.24) is 10.2 Å². The number of carboxylic acids is 1. The molecule has 6 heteroatoms. The third-order valence-corrected chi connectivity index (χ3v) is 2.58. The molecule has 1 heterocycles. The molecule has 0 spiro atoms. The van der Waals surface area contributed by atoms with E-state index in [1.807, 2.05) is 0 Å². The Labute approximate surface area is 93.6 Å². The average Bonchev–Trinajstić information content (AvgIpc) is 2.28. The number of likely N-dealkylation sites (N-methyl/N-ethyl adjacent to an activating group) is 1. The molecule has 0 bridgehead atoms. The van der Waals surface area contributed by atoms with Crippen molar-refractivity contribution in [3.05, 3.63) is 0 Å². The Bertz CT molecular complexity index is 303. The first-order chi connectivity index (χ1) is 7.57. The first-order valence-corrected chi connectivity index (χ1v) is 5.39. The van der Waals surface area contributed by atoms with Crippen LogP contribution < -0.4 is 5.32 Å². The molecular formula is C10H16N2O4. The van der Waals surface area contributed by atoms with E-state index in [1.165, 1.54) is 0 Å². The lowest BCUT2D eigenvalue weighted by Gasteiger charge is -2.32. The molecule has 0 aliphatic carbocycles. The summed E-state index contributed by atoms with van der Waals surface area (Å²) in [4.78, 5) is 35.0. The fraction of sp³-hybridized carbons (Fsp3) is 0.700. The van der Waals surface area contributed by atoms with Gasteiger partial charge in [-0.15, -0.1) is 0 Å². The predicted molar refractivity (Wildman–Crippen MR) is 55.7 cm³/mol. The minimum Gasteiger partial charge on any atom is -0.480 e. The molecule has 0 radical (unpaired) electrons. The van der Waals surface area contributed by atoms with Crippen LogP contribution in [0, 0.1) is 0 Å². The first kappa shape index (κ1) is 12.5. The van der Waals surface area contributed by atoms with Crippen LogP contribution in [-0.2, 0) is 14.4 Å². The molecule has 2 N–H and O–H groups in total. The van der Waals surface area contributed by atoms with Crippen molar-refractivity contribution in [2.75, 3.05) is 13.1 Å². The van der Waals surface area contributed by atoms with Gasteiger partial charge in [0, 0.05) is 13.1 Å². The highest BCUT2D eigenvalue weighted by atomic mass is 16.4. The van der Waals surface area contributed by atoms with Crippen LogP contribution in [-0.4, -0.2) is 46.9 Å². The zero-order chi connectivity index (χ0) is 12.1. The van der Waals surface area contributed by atoms with Gasteiger partial charge in [-0.25, -0.2) is 4.79 Å². The summed E-state index contributed by atoms with van der Waals surface area (Å²) >= 11 is 0. The summed E-state index contributed by atoms with van der Waals surface area (Å²) in [5.74, 6) is -2.51. The molecule has 0 aromatic carbocycles. The van der Waals surface area contributed by atoms with E-state index in [2.05, 4.69) is 5.32 Å². The topological polar surface area (TPSA) is 86.7 Å². The van der Waals surface area contributed by atoms with Crippen LogP contribution in [0.25, 0.3) is 0 Å². The van der Waals surface area contributed by atoms with Gasteiger partial charge in [0.1, 0.15) is 6.04 Å². The summed E-state index contributed by atoms with van der Waals surface area (Å²) in [5, 5.41) is 11.3. The number of carbonyl (C=O) groups excluding carboxylic acids is 2. The van der Waals surface area contributed by atoms with Crippen molar-refractivity contribution < 1.29 is 19.5 Å². The zero-order valence-corrected chi connectivity index (χ0v) is 9.23. The van der Waals surface area contributed by atoms with Crippen LogP contribution in [0.15, 0.2) is 0 Å². The van der Waals surface area contributed by atoms with Crippen molar-refractivity contribution >= 4 is 17.8 Å². The molecule has 1 unspecified atom stereocenters. The second-order valence-corrected chi connectivity index (χ2v) is 3.71. The summed E-state index contributed by atoms with van der Waals surface area (Å²) in [5.41, 5.74) is 0. The van der Waals surface area contributed by atoms with Crippen molar-refractivity contribution in [2.24, 2.45) is 0 Å². The molecule has 1 fully saturated rings. The van der Waals surface area contributed by atoms with E-state index in [0.29, 0.717) is 19.5 Å². The quantitative estimate of drug-likeness (QED) is 0.629. The Hall–Kier alpha value is -1.59. The van der Waals surface area contributed by atoms with Crippen molar-refractivity contribution in [3.63, 3.8) is 0 Å². The summed E-state index contributed by atoms with van der Waals surface area (Å²) in [6.45, 7) is 2.40. The molecule has 16 heavy (non-hydrogen) atoms. The molecule has 1 atom stereocenters. The number of nitrogens with zero attached hydrogens (tertiary/aromatic N) is 1. The number of rotatable bonds is 2. The number of hydrogen-bond donors (Lipinski definition) is 2. The lowest BCUT2D eigenvalue weighted by atomic mass is 10.0. The van der Waals surface area contributed by atoms with Gasteiger partial charge in [0.15, 0.2) is 0 Å². The Morgan fingerprint density at radius 2 is 2.06 bits per heavy atom. The summed E-state index contributed by atoms with van der Waals surface area (Å²) < 4.78 is 0. The maximum atomic E-state index is 11.7.